The highest BCUT2D eigenvalue weighted by atomic mass is 16.4. The number of nitrogens with one attached hydrogen (secondary N) is 1. The van der Waals surface area contributed by atoms with E-state index in [1.165, 1.54) is 5.56 Å². The lowest BCUT2D eigenvalue weighted by atomic mass is 10.1. The van der Waals surface area contributed by atoms with Crippen LogP contribution in [0.2, 0.25) is 0 Å². The standard InChI is InChI=1S/C10H13NO2/c1-5-3-7(6(2)11-5)8-4-9(8)10(12)13/h3,8-9,11H,4H2,1-2H3,(H,12,13)/t8-,9+/m0/s1. The van der Waals surface area contributed by atoms with Crippen LogP contribution < -0.4 is 0 Å². The largest absolute Gasteiger partial charge is 0.481 e. The van der Waals surface area contributed by atoms with Crippen molar-refractivity contribution in [1.29, 1.82) is 0 Å². The number of carboxylic acids is 1. The van der Waals surface area contributed by atoms with Gasteiger partial charge in [0.05, 0.1) is 5.92 Å². The van der Waals surface area contributed by atoms with Gasteiger partial charge in [0.25, 0.3) is 0 Å². The van der Waals surface area contributed by atoms with E-state index >= 15 is 0 Å². The monoisotopic (exact) mass is 179 g/mol. The van der Waals surface area contributed by atoms with Gasteiger partial charge in [0.1, 0.15) is 0 Å². The molecule has 1 aliphatic carbocycles. The normalized spacial score (nSPS) is 26.0. The van der Waals surface area contributed by atoms with Crippen LogP contribution in [0.3, 0.4) is 0 Å². The molecule has 1 aromatic heterocycles. The van der Waals surface area contributed by atoms with Gasteiger partial charge in [0.15, 0.2) is 0 Å². The van der Waals surface area contributed by atoms with Gasteiger partial charge in [0, 0.05) is 11.4 Å². The summed E-state index contributed by atoms with van der Waals surface area (Å²) in [5, 5.41) is 8.77. The zero-order valence-corrected chi connectivity index (χ0v) is 7.79. The van der Waals surface area contributed by atoms with Crippen LogP contribution in [0.5, 0.6) is 0 Å². The zero-order valence-electron chi connectivity index (χ0n) is 7.79. The Bertz CT molecular complexity index is 354. The number of carbonyl (C=O) groups is 1. The van der Waals surface area contributed by atoms with Gasteiger partial charge in [0.2, 0.25) is 0 Å². The number of aliphatic carboxylic acids is 1. The zero-order chi connectivity index (χ0) is 9.59. The lowest BCUT2D eigenvalue weighted by molar-refractivity contribution is -0.138. The summed E-state index contributed by atoms with van der Waals surface area (Å²) < 4.78 is 0. The van der Waals surface area contributed by atoms with E-state index in [4.69, 9.17) is 5.11 Å². The number of hydrogen-bond acceptors (Lipinski definition) is 1. The second-order valence-electron chi connectivity index (χ2n) is 3.82. The first-order valence-electron chi connectivity index (χ1n) is 4.48. The quantitative estimate of drug-likeness (QED) is 0.727. The van der Waals surface area contributed by atoms with Crippen molar-refractivity contribution in [1.82, 2.24) is 4.98 Å². The number of aromatic nitrogens is 1. The molecule has 2 rings (SSSR count). The molecule has 0 bridgehead atoms. The summed E-state index contributed by atoms with van der Waals surface area (Å²) in [7, 11) is 0. The van der Waals surface area contributed by atoms with Gasteiger partial charge < -0.3 is 10.1 Å². The van der Waals surface area contributed by atoms with Crippen molar-refractivity contribution in [2.75, 3.05) is 0 Å². The Balaban J connectivity index is 2.20. The van der Waals surface area contributed by atoms with Crippen LogP contribution in [-0.4, -0.2) is 16.1 Å². The second-order valence-corrected chi connectivity index (χ2v) is 3.82. The van der Waals surface area contributed by atoms with Crippen molar-refractivity contribution in [3.05, 3.63) is 23.0 Å². The molecule has 0 amide bonds. The highest BCUT2D eigenvalue weighted by molar-refractivity contribution is 5.75. The van der Waals surface area contributed by atoms with Crippen molar-refractivity contribution < 1.29 is 9.90 Å². The van der Waals surface area contributed by atoms with Crippen LogP contribution >= 0.6 is 0 Å². The van der Waals surface area contributed by atoms with Crippen LogP contribution in [-0.2, 0) is 4.79 Å². The first-order valence-corrected chi connectivity index (χ1v) is 4.48. The third-order valence-electron chi connectivity index (χ3n) is 2.70. The van der Waals surface area contributed by atoms with Gasteiger partial charge in [-0.05, 0) is 37.8 Å². The fourth-order valence-electron chi connectivity index (χ4n) is 1.94. The van der Waals surface area contributed by atoms with E-state index in [1.807, 2.05) is 13.8 Å². The molecule has 0 aliphatic heterocycles. The third kappa shape index (κ3) is 1.34. The maximum Gasteiger partial charge on any atom is 0.307 e. The predicted octanol–water partition coefficient (Wildman–Crippen LogP) is 1.82. The maximum absolute atomic E-state index is 10.7. The van der Waals surface area contributed by atoms with Gasteiger partial charge in [-0.3, -0.25) is 4.79 Å². The van der Waals surface area contributed by atoms with E-state index in [0.717, 1.165) is 17.8 Å². The van der Waals surface area contributed by atoms with Gasteiger partial charge in [-0.15, -0.1) is 0 Å². The number of aromatic amines is 1. The van der Waals surface area contributed by atoms with Crippen molar-refractivity contribution in [3.63, 3.8) is 0 Å². The van der Waals surface area contributed by atoms with E-state index < -0.39 is 5.97 Å². The molecule has 1 aromatic rings. The summed E-state index contributed by atoms with van der Waals surface area (Å²) in [6.45, 7) is 3.99. The Labute approximate surface area is 76.8 Å². The summed E-state index contributed by atoms with van der Waals surface area (Å²) in [5.41, 5.74) is 3.42. The van der Waals surface area contributed by atoms with Crippen LogP contribution in [0, 0.1) is 19.8 Å². The van der Waals surface area contributed by atoms with E-state index in [0.29, 0.717) is 0 Å². The van der Waals surface area contributed by atoms with Crippen LogP contribution in [0.1, 0.15) is 29.3 Å². The van der Waals surface area contributed by atoms with Crippen molar-refractivity contribution in [2.45, 2.75) is 26.2 Å². The number of aryl methyl sites for hydroxylation is 2. The molecule has 0 radical (unpaired) electrons. The molecule has 0 spiro atoms. The SMILES string of the molecule is Cc1cc([C@@H]2C[C@H]2C(=O)O)c(C)[nH]1. The first kappa shape index (κ1) is 8.35. The topological polar surface area (TPSA) is 53.1 Å². The lowest BCUT2D eigenvalue weighted by Gasteiger charge is -1.94. The maximum atomic E-state index is 10.7. The Morgan fingerprint density at radius 3 is 2.69 bits per heavy atom. The second kappa shape index (κ2) is 2.62. The number of carboxylic acid groups (broad SMARTS) is 1. The Morgan fingerprint density at radius 1 is 1.62 bits per heavy atom. The minimum atomic E-state index is -0.664. The van der Waals surface area contributed by atoms with E-state index in [2.05, 4.69) is 11.1 Å². The smallest absolute Gasteiger partial charge is 0.307 e. The molecular formula is C10H13NO2. The van der Waals surface area contributed by atoms with Gasteiger partial charge in [-0.1, -0.05) is 0 Å². The van der Waals surface area contributed by atoms with Crippen LogP contribution in [0.15, 0.2) is 6.07 Å². The molecule has 1 aliphatic rings. The molecular weight excluding hydrogens is 166 g/mol. The van der Waals surface area contributed by atoms with E-state index in [9.17, 15) is 4.79 Å². The van der Waals surface area contributed by atoms with E-state index in [1.54, 1.807) is 0 Å². The fourth-order valence-corrected chi connectivity index (χ4v) is 1.94. The first-order chi connectivity index (χ1) is 6.09. The molecule has 0 saturated heterocycles. The number of H-pyrrole nitrogens is 1. The van der Waals surface area contributed by atoms with E-state index in [-0.39, 0.29) is 11.8 Å². The summed E-state index contributed by atoms with van der Waals surface area (Å²) in [5.74, 6) is -0.556. The molecule has 2 atom stereocenters. The number of hydrogen-bond donors (Lipinski definition) is 2. The van der Waals surface area contributed by atoms with Gasteiger partial charge >= 0.3 is 5.97 Å². The Kier molecular flexibility index (Phi) is 1.68. The molecule has 13 heavy (non-hydrogen) atoms. The van der Waals surface area contributed by atoms with Crippen molar-refractivity contribution in [3.8, 4) is 0 Å². The van der Waals surface area contributed by atoms with Crippen molar-refractivity contribution in [2.24, 2.45) is 5.92 Å². The molecule has 1 fully saturated rings. The molecule has 0 aromatic carbocycles. The molecule has 3 nitrogen and oxygen atoms in total. The highest BCUT2D eigenvalue weighted by Gasteiger charge is 2.45. The third-order valence-corrected chi connectivity index (χ3v) is 2.70. The molecule has 3 heteroatoms. The fraction of sp³-hybridized carbons (Fsp3) is 0.500. The summed E-state index contributed by atoms with van der Waals surface area (Å²) >= 11 is 0. The summed E-state index contributed by atoms with van der Waals surface area (Å²) in [6, 6.07) is 2.06. The number of rotatable bonds is 2. The molecule has 70 valence electrons. The molecule has 0 unspecified atom stereocenters. The predicted molar refractivity (Wildman–Crippen MR) is 48.8 cm³/mol. The minimum absolute atomic E-state index is 0.145. The van der Waals surface area contributed by atoms with Gasteiger partial charge in [-0.25, -0.2) is 0 Å². The minimum Gasteiger partial charge on any atom is -0.481 e. The highest BCUT2D eigenvalue weighted by Crippen LogP contribution is 2.48. The molecule has 1 heterocycles. The lowest BCUT2D eigenvalue weighted by Crippen LogP contribution is -1.98. The Morgan fingerprint density at radius 2 is 2.31 bits per heavy atom. The molecule has 2 N–H and O–H groups in total. The van der Waals surface area contributed by atoms with Crippen molar-refractivity contribution >= 4 is 5.97 Å². The van der Waals surface area contributed by atoms with Crippen LogP contribution in [0.4, 0.5) is 0 Å². The summed E-state index contributed by atoms with van der Waals surface area (Å²) in [6.07, 6.45) is 0.799. The Hall–Kier alpha value is -1.25. The summed E-state index contributed by atoms with van der Waals surface area (Å²) in [4.78, 5) is 13.8. The molecule has 1 saturated carbocycles. The average molecular weight is 179 g/mol. The van der Waals surface area contributed by atoms with Crippen LogP contribution in [0.25, 0.3) is 0 Å². The van der Waals surface area contributed by atoms with Gasteiger partial charge in [-0.2, -0.15) is 0 Å². The average Bonchev–Trinajstić information content (AvgIpc) is 2.73.